The Bertz CT molecular complexity index is 1130. The minimum absolute atomic E-state index is 0.0461. The summed E-state index contributed by atoms with van der Waals surface area (Å²) in [5, 5.41) is -0.411. The minimum Gasteiger partial charge on any atom is -0.297 e. The molecule has 4 heterocycles. The van der Waals surface area contributed by atoms with Crippen LogP contribution in [0, 0.1) is 5.95 Å². The first kappa shape index (κ1) is 17.5. The van der Waals surface area contributed by atoms with Gasteiger partial charge < -0.3 is 0 Å². The molecule has 28 heavy (non-hydrogen) atoms. The third-order valence-corrected chi connectivity index (χ3v) is 7.93. The van der Waals surface area contributed by atoms with Gasteiger partial charge >= 0.3 is 0 Å². The Labute approximate surface area is 162 Å². The molecular weight excluding hydrogens is 377 g/mol. The number of fused-ring (bicyclic) bond motifs is 3. The zero-order valence-corrected chi connectivity index (χ0v) is 15.8. The van der Waals surface area contributed by atoms with E-state index in [0.717, 1.165) is 22.3 Å². The first-order valence-corrected chi connectivity index (χ1v) is 10.7. The first-order valence-electron chi connectivity index (χ1n) is 9.13. The average molecular weight is 395 g/mol. The normalized spacial score (nSPS) is 22.8. The fraction of sp³-hybridized carbons (Fsp3) is 0.238. The summed E-state index contributed by atoms with van der Waals surface area (Å²) in [7, 11) is -3.34. The molecule has 2 aromatic heterocycles. The molecule has 2 aliphatic heterocycles. The molecule has 2 aliphatic rings. The summed E-state index contributed by atoms with van der Waals surface area (Å²) in [5.41, 5.74) is 3.62. The Hall–Kier alpha value is -2.64. The number of nitrogens with zero attached hydrogens (tertiary/aromatic N) is 3. The highest BCUT2D eigenvalue weighted by molar-refractivity contribution is 7.92. The summed E-state index contributed by atoms with van der Waals surface area (Å²) in [4.78, 5) is 10.4. The summed E-state index contributed by atoms with van der Waals surface area (Å²) in [6, 6.07) is 12.3. The van der Waals surface area contributed by atoms with Crippen molar-refractivity contribution in [2.24, 2.45) is 0 Å². The molecule has 0 spiro atoms. The van der Waals surface area contributed by atoms with E-state index >= 15 is 0 Å². The van der Waals surface area contributed by atoms with Crippen molar-refractivity contribution in [3.05, 3.63) is 78.1 Å². The van der Waals surface area contributed by atoms with E-state index in [1.807, 2.05) is 18.2 Å². The van der Waals surface area contributed by atoms with Crippen molar-refractivity contribution in [3.8, 4) is 11.1 Å². The average Bonchev–Trinajstić information content (AvgIpc) is 3.21. The zero-order valence-electron chi connectivity index (χ0n) is 15.0. The van der Waals surface area contributed by atoms with Gasteiger partial charge in [-0.3, -0.25) is 9.88 Å². The Kier molecular flexibility index (Phi) is 4.03. The van der Waals surface area contributed by atoms with Crippen LogP contribution in [0.4, 0.5) is 4.39 Å². The molecule has 0 amide bonds. The van der Waals surface area contributed by atoms with E-state index in [9.17, 15) is 12.8 Å². The standard InChI is InChI=1S/C21H18FN3O2S/c22-21-4-2-16(10-24-21)15-1-3-19-17(9-15)18-12-25(13-20(18)28(19,26)27)11-14-5-7-23-8-6-14/h1-10,18,20H,11-13H2/t18-,20-/m0/s1. The van der Waals surface area contributed by atoms with E-state index in [2.05, 4.69) is 14.9 Å². The Balaban J connectivity index is 1.48. The van der Waals surface area contributed by atoms with Crippen LogP contribution in [-0.4, -0.2) is 41.6 Å². The maximum Gasteiger partial charge on any atom is 0.212 e. The molecule has 2 atom stereocenters. The van der Waals surface area contributed by atoms with Crippen LogP contribution in [-0.2, 0) is 16.4 Å². The molecule has 1 saturated heterocycles. The monoisotopic (exact) mass is 395 g/mol. The highest BCUT2D eigenvalue weighted by atomic mass is 32.2. The Morgan fingerprint density at radius 1 is 1.04 bits per heavy atom. The van der Waals surface area contributed by atoms with Crippen LogP contribution in [0.25, 0.3) is 11.1 Å². The van der Waals surface area contributed by atoms with E-state index in [4.69, 9.17) is 0 Å². The van der Waals surface area contributed by atoms with Crippen LogP contribution < -0.4 is 0 Å². The van der Waals surface area contributed by atoms with Gasteiger partial charge in [-0.2, -0.15) is 4.39 Å². The molecule has 0 unspecified atom stereocenters. The van der Waals surface area contributed by atoms with E-state index in [-0.39, 0.29) is 5.92 Å². The quantitative estimate of drug-likeness (QED) is 0.638. The molecule has 1 fully saturated rings. The number of pyridine rings is 2. The number of sulfone groups is 1. The summed E-state index contributed by atoms with van der Waals surface area (Å²) >= 11 is 0. The maximum atomic E-state index is 13.1. The molecule has 3 aromatic rings. The van der Waals surface area contributed by atoms with Crippen molar-refractivity contribution in [2.75, 3.05) is 13.1 Å². The van der Waals surface area contributed by atoms with Gasteiger partial charge in [-0.25, -0.2) is 13.4 Å². The third kappa shape index (κ3) is 2.82. The van der Waals surface area contributed by atoms with Gasteiger partial charge in [-0.15, -0.1) is 0 Å². The highest BCUT2D eigenvalue weighted by Gasteiger charge is 2.50. The lowest BCUT2D eigenvalue weighted by molar-refractivity contribution is 0.325. The van der Waals surface area contributed by atoms with Crippen molar-refractivity contribution in [3.63, 3.8) is 0 Å². The largest absolute Gasteiger partial charge is 0.297 e. The van der Waals surface area contributed by atoms with Crippen molar-refractivity contribution in [2.45, 2.75) is 22.6 Å². The van der Waals surface area contributed by atoms with Gasteiger partial charge in [0, 0.05) is 49.7 Å². The summed E-state index contributed by atoms with van der Waals surface area (Å²) in [5.74, 6) is -0.578. The van der Waals surface area contributed by atoms with Crippen LogP contribution in [0.15, 0.2) is 66.0 Å². The molecule has 7 heteroatoms. The smallest absolute Gasteiger partial charge is 0.212 e. The molecule has 0 N–H and O–H groups in total. The molecule has 0 radical (unpaired) electrons. The van der Waals surface area contributed by atoms with Gasteiger partial charge in [0.2, 0.25) is 5.95 Å². The number of rotatable bonds is 3. The fourth-order valence-electron chi connectivity index (χ4n) is 4.33. The minimum atomic E-state index is -3.34. The topological polar surface area (TPSA) is 63.2 Å². The Morgan fingerprint density at radius 2 is 1.82 bits per heavy atom. The van der Waals surface area contributed by atoms with Gasteiger partial charge in [0.25, 0.3) is 0 Å². The second-order valence-electron chi connectivity index (χ2n) is 7.36. The zero-order chi connectivity index (χ0) is 19.3. The summed E-state index contributed by atoms with van der Waals surface area (Å²) in [6.07, 6.45) is 4.98. The second kappa shape index (κ2) is 6.46. The second-order valence-corrected chi connectivity index (χ2v) is 9.50. The lowest BCUT2D eigenvalue weighted by Crippen LogP contribution is -2.25. The fourth-order valence-corrected chi connectivity index (χ4v) is 6.52. The molecule has 1 aromatic carbocycles. The van der Waals surface area contributed by atoms with Crippen LogP contribution in [0.5, 0.6) is 0 Å². The first-order chi connectivity index (χ1) is 13.5. The molecule has 142 valence electrons. The van der Waals surface area contributed by atoms with Crippen molar-refractivity contribution >= 4 is 9.84 Å². The Morgan fingerprint density at radius 3 is 2.57 bits per heavy atom. The van der Waals surface area contributed by atoms with Gasteiger partial charge in [-0.05, 0) is 53.1 Å². The molecule has 5 rings (SSSR count). The van der Waals surface area contributed by atoms with Crippen molar-refractivity contribution < 1.29 is 12.8 Å². The third-order valence-electron chi connectivity index (χ3n) is 5.67. The lowest BCUT2D eigenvalue weighted by Gasteiger charge is -2.17. The number of likely N-dealkylation sites (tertiary alicyclic amines) is 1. The molecule has 5 nitrogen and oxygen atoms in total. The van der Waals surface area contributed by atoms with Crippen LogP contribution in [0.3, 0.4) is 0 Å². The number of aromatic nitrogens is 2. The van der Waals surface area contributed by atoms with Gasteiger partial charge in [0.1, 0.15) is 0 Å². The SMILES string of the molecule is O=S1(=O)c2ccc(-c3ccc(F)nc3)cc2[C@@H]2CN(Cc3ccncc3)C[C@@H]21. The van der Waals surface area contributed by atoms with E-state index < -0.39 is 21.0 Å². The van der Waals surface area contributed by atoms with Crippen molar-refractivity contribution in [1.29, 1.82) is 0 Å². The molecule has 0 aliphatic carbocycles. The number of benzene rings is 1. The lowest BCUT2D eigenvalue weighted by atomic mass is 9.95. The van der Waals surface area contributed by atoms with Crippen LogP contribution in [0.1, 0.15) is 17.0 Å². The number of hydrogen-bond donors (Lipinski definition) is 0. The number of halogens is 1. The van der Waals surface area contributed by atoms with E-state index in [1.165, 1.54) is 12.3 Å². The van der Waals surface area contributed by atoms with E-state index in [0.29, 0.717) is 24.5 Å². The van der Waals surface area contributed by atoms with Crippen molar-refractivity contribution in [1.82, 2.24) is 14.9 Å². The van der Waals surface area contributed by atoms with Gasteiger partial charge in [-0.1, -0.05) is 6.07 Å². The van der Waals surface area contributed by atoms with Crippen LogP contribution >= 0.6 is 0 Å². The van der Waals surface area contributed by atoms with Gasteiger partial charge in [0.15, 0.2) is 9.84 Å². The summed E-state index contributed by atoms with van der Waals surface area (Å²) < 4.78 is 39.2. The highest BCUT2D eigenvalue weighted by Crippen LogP contribution is 2.46. The molecular formula is C21H18FN3O2S. The molecule has 0 saturated carbocycles. The predicted octanol–water partition coefficient (Wildman–Crippen LogP) is 3.04. The van der Waals surface area contributed by atoms with E-state index in [1.54, 1.807) is 30.6 Å². The van der Waals surface area contributed by atoms with Gasteiger partial charge in [0.05, 0.1) is 10.1 Å². The predicted molar refractivity (Wildman–Crippen MR) is 103 cm³/mol. The van der Waals surface area contributed by atoms with Crippen LogP contribution in [0.2, 0.25) is 0 Å². The molecule has 0 bridgehead atoms. The summed E-state index contributed by atoms with van der Waals surface area (Å²) in [6.45, 7) is 1.93. The number of hydrogen-bond acceptors (Lipinski definition) is 5. The maximum absolute atomic E-state index is 13.1.